The third kappa shape index (κ3) is 2.97. The minimum atomic E-state index is 0.644. The van der Waals surface area contributed by atoms with Crippen LogP contribution in [-0.2, 0) is 0 Å². The minimum Gasteiger partial charge on any atom is -0.0619 e. The summed E-state index contributed by atoms with van der Waals surface area (Å²) < 4.78 is 0. The molecule has 1 fully saturated rings. The Morgan fingerprint density at radius 2 is 1.10 bits per heavy atom. The Morgan fingerprint density at radius 1 is 0.548 bits per heavy atom. The molecule has 6 rings (SSSR count). The lowest BCUT2D eigenvalue weighted by Gasteiger charge is -2.32. The fourth-order valence-electron chi connectivity index (χ4n) is 6.04. The molecule has 0 aromatic heterocycles. The summed E-state index contributed by atoms with van der Waals surface area (Å²) in [4.78, 5) is 0. The Bertz CT molecular complexity index is 1350. The maximum absolute atomic E-state index is 2.46. The highest BCUT2D eigenvalue weighted by Gasteiger charge is 2.27. The van der Waals surface area contributed by atoms with E-state index in [0.29, 0.717) is 5.92 Å². The first-order valence-electron chi connectivity index (χ1n) is 11.7. The SMILES string of the molecule is CC1CCCCC1c1c2ccccc2c(-c2cccc3ccccc23)c2ccccc12. The molecular formula is C31H28. The summed E-state index contributed by atoms with van der Waals surface area (Å²) in [6, 6.07) is 33.8. The van der Waals surface area contributed by atoms with E-state index < -0.39 is 0 Å². The number of hydrogen-bond acceptors (Lipinski definition) is 0. The average molecular weight is 401 g/mol. The number of rotatable bonds is 2. The van der Waals surface area contributed by atoms with Gasteiger partial charge < -0.3 is 0 Å². The van der Waals surface area contributed by atoms with E-state index in [1.807, 2.05) is 0 Å². The zero-order valence-electron chi connectivity index (χ0n) is 18.1. The lowest BCUT2D eigenvalue weighted by atomic mass is 9.73. The van der Waals surface area contributed by atoms with Crippen molar-refractivity contribution in [1.82, 2.24) is 0 Å². The molecule has 0 heteroatoms. The Labute approximate surface area is 184 Å². The maximum Gasteiger partial charge on any atom is -0.00204 e. The first-order chi connectivity index (χ1) is 15.3. The van der Waals surface area contributed by atoms with Crippen LogP contribution in [0.15, 0.2) is 91.0 Å². The lowest BCUT2D eigenvalue weighted by molar-refractivity contribution is 0.333. The highest BCUT2D eigenvalue weighted by molar-refractivity contribution is 6.18. The quantitative estimate of drug-likeness (QED) is 0.259. The molecule has 1 saturated carbocycles. The molecule has 0 saturated heterocycles. The molecule has 1 aliphatic rings. The summed E-state index contributed by atoms with van der Waals surface area (Å²) in [6.07, 6.45) is 5.38. The highest BCUT2D eigenvalue weighted by atomic mass is 14.3. The monoisotopic (exact) mass is 400 g/mol. The van der Waals surface area contributed by atoms with Crippen LogP contribution in [-0.4, -0.2) is 0 Å². The van der Waals surface area contributed by atoms with E-state index in [-0.39, 0.29) is 0 Å². The van der Waals surface area contributed by atoms with Crippen molar-refractivity contribution in [2.45, 2.75) is 38.5 Å². The van der Waals surface area contributed by atoms with E-state index in [1.54, 1.807) is 5.56 Å². The number of fused-ring (bicyclic) bond motifs is 3. The molecule has 1 aliphatic carbocycles. The zero-order chi connectivity index (χ0) is 20.8. The Kier molecular flexibility index (Phi) is 4.53. The molecule has 0 amide bonds. The van der Waals surface area contributed by atoms with Gasteiger partial charge in [-0.2, -0.15) is 0 Å². The molecule has 5 aromatic rings. The fraction of sp³-hybridized carbons (Fsp3) is 0.226. The Balaban J connectivity index is 1.77. The highest BCUT2D eigenvalue weighted by Crippen LogP contribution is 2.48. The van der Waals surface area contributed by atoms with Crippen LogP contribution in [0.25, 0.3) is 43.4 Å². The third-order valence-corrected chi connectivity index (χ3v) is 7.51. The van der Waals surface area contributed by atoms with E-state index in [1.165, 1.54) is 69.1 Å². The normalized spacial score (nSPS) is 19.3. The van der Waals surface area contributed by atoms with Gasteiger partial charge >= 0.3 is 0 Å². The van der Waals surface area contributed by atoms with Crippen molar-refractivity contribution in [1.29, 1.82) is 0 Å². The topological polar surface area (TPSA) is 0 Å². The largest absolute Gasteiger partial charge is 0.0619 e. The van der Waals surface area contributed by atoms with Crippen LogP contribution in [0.4, 0.5) is 0 Å². The molecule has 5 aromatic carbocycles. The maximum atomic E-state index is 2.46. The van der Waals surface area contributed by atoms with Gasteiger partial charge in [-0.15, -0.1) is 0 Å². The molecule has 0 radical (unpaired) electrons. The van der Waals surface area contributed by atoms with Gasteiger partial charge in [0.1, 0.15) is 0 Å². The van der Waals surface area contributed by atoms with E-state index in [0.717, 1.165) is 5.92 Å². The summed E-state index contributed by atoms with van der Waals surface area (Å²) in [5.41, 5.74) is 4.31. The van der Waals surface area contributed by atoms with Crippen molar-refractivity contribution in [3.05, 3.63) is 96.6 Å². The van der Waals surface area contributed by atoms with Gasteiger partial charge in [0.2, 0.25) is 0 Å². The molecule has 0 heterocycles. The van der Waals surface area contributed by atoms with Crippen molar-refractivity contribution in [2.75, 3.05) is 0 Å². The van der Waals surface area contributed by atoms with E-state index >= 15 is 0 Å². The summed E-state index contributed by atoms with van der Waals surface area (Å²) in [5, 5.41) is 8.32. The van der Waals surface area contributed by atoms with E-state index in [4.69, 9.17) is 0 Å². The predicted octanol–water partition coefficient (Wildman–Crippen LogP) is 9.11. The van der Waals surface area contributed by atoms with Crippen LogP contribution in [0.3, 0.4) is 0 Å². The van der Waals surface area contributed by atoms with Gasteiger partial charge in [0.05, 0.1) is 0 Å². The third-order valence-electron chi connectivity index (χ3n) is 7.51. The summed E-state index contributed by atoms with van der Waals surface area (Å²) >= 11 is 0. The number of benzene rings is 5. The van der Waals surface area contributed by atoms with Crippen LogP contribution in [0, 0.1) is 5.92 Å². The van der Waals surface area contributed by atoms with Crippen LogP contribution in [0.2, 0.25) is 0 Å². The summed E-state index contributed by atoms with van der Waals surface area (Å²) in [6.45, 7) is 2.46. The van der Waals surface area contributed by atoms with E-state index in [9.17, 15) is 0 Å². The van der Waals surface area contributed by atoms with Crippen LogP contribution < -0.4 is 0 Å². The second kappa shape index (κ2) is 7.54. The average Bonchev–Trinajstić information content (AvgIpc) is 2.83. The van der Waals surface area contributed by atoms with Crippen molar-refractivity contribution in [2.24, 2.45) is 5.92 Å². The molecule has 152 valence electrons. The van der Waals surface area contributed by atoms with Crippen molar-refractivity contribution in [3.63, 3.8) is 0 Å². The van der Waals surface area contributed by atoms with Crippen molar-refractivity contribution in [3.8, 4) is 11.1 Å². The summed E-state index contributed by atoms with van der Waals surface area (Å²) in [7, 11) is 0. The van der Waals surface area contributed by atoms with Crippen LogP contribution >= 0.6 is 0 Å². The minimum absolute atomic E-state index is 0.644. The first-order valence-corrected chi connectivity index (χ1v) is 11.7. The molecule has 31 heavy (non-hydrogen) atoms. The molecule has 0 aliphatic heterocycles. The van der Waals surface area contributed by atoms with Gasteiger partial charge in [-0.25, -0.2) is 0 Å². The second-order valence-corrected chi connectivity index (χ2v) is 9.27. The Morgan fingerprint density at radius 3 is 1.77 bits per heavy atom. The number of hydrogen-bond donors (Lipinski definition) is 0. The molecule has 2 atom stereocenters. The Hall–Kier alpha value is -3.12. The first kappa shape index (κ1) is 18.6. The van der Waals surface area contributed by atoms with E-state index in [2.05, 4.69) is 97.9 Å². The molecule has 0 N–H and O–H groups in total. The molecular weight excluding hydrogens is 372 g/mol. The van der Waals surface area contributed by atoms with Gasteiger partial charge in [0, 0.05) is 0 Å². The van der Waals surface area contributed by atoms with Gasteiger partial charge in [0.25, 0.3) is 0 Å². The van der Waals surface area contributed by atoms with Crippen LogP contribution in [0.1, 0.15) is 44.1 Å². The smallest absolute Gasteiger partial charge is 0.00204 e. The van der Waals surface area contributed by atoms with Gasteiger partial charge in [-0.05, 0) is 67.3 Å². The van der Waals surface area contributed by atoms with Crippen molar-refractivity contribution >= 4 is 32.3 Å². The standard InChI is InChI=1S/C31H28/c1-21-11-2-4-14-23(21)30-26-16-6-8-18-28(26)31(29-19-9-7-17-27(29)30)25-20-10-13-22-12-3-5-15-24(22)25/h3,5-10,12-13,15-21,23H,2,4,11,14H2,1H3. The molecule has 0 bridgehead atoms. The van der Waals surface area contributed by atoms with Gasteiger partial charge in [-0.1, -0.05) is 117 Å². The molecule has 0 spiro atoms. The molecule has 0 nitrogen and oxygen atoms in total. The predicted molar refractivity (Wildman–Crippen MR) is 135 cm³/mol. The zero-order valence-corrected chi connectivity index (χ0v) is 18.1. The molecule has 2 unspecified atom stereocenters. The van der Waals surface area contributed by atoms with Crippen LogP contribution in [0.5, 0.6) is 0 Å². The lowest BCUT2D eigenvalue weighted by Crippen LogP contribution is -2.15. The van der Waals surface area contributed by atoms with Gasteiger partial charge in [0.15, 0.2) is 0 Å². The fourth-order valence-corrected chi connectivity index (χ4v) is 6.04. The summed E-state index contributed by atoms with van der Waals surface area (Å²) in [5.74, 6) is 1.38. The van der Waals surface area contributed by atoms with Crippen molar-refractivity contribution < 1.29 is 0 Å². The van der Waals surface area contributed by atoms with Gasteiger partial charge in [-0.3, -0.25) is 0 Å². The second-order valence-electron chi connectivity index (χ2n) is 9.27.